The molecule has 1 aliphatic heterocycles. The zero-order valence-corrected chi connectivity index (χ0v) is 22.6. The Balaban J connectivity index is 1.63. The number of benzene rings is 3. The van der Waals surface area contributed by atoms with Gasteiger partial charge in [-0.1, -0.05) is 71.7 Å². The van der Waals surface area contributed by atoms with E-state index in [0.717, 1.165) is 35.9 Å². The van der Waals surface area contributed by atoms with E-state index < -0.39 is 6.09 Å². The van der Waals surface area contributed by atoms with E-state index in [9.17, 15) is 4.79 Å². The molecule has 3 aromatic carbocycles. The quantitative estimate of drug-likeness (QED) is 0.358. The molecule has 0 saturated heterocycles. The average Bonchev–Trinajstić information content (AvgIpc) is 2.82. The van der Waals surface area contributed by atoms with Gasteiger partial charge >= 0.3 is 6.09 Å². The summed E-state index contributed by atoms with van der Waals surface area (Å²) in [6, 6.07) is 24.9. The number of halogens is 2. The zero-order valence-electron chi connectivity index (χ0n) is 21.1. The van der Waals surface area contributed by atoms with Crippen molar-refractivity contribution in [1.29, 1.82) is 0 Å². The number of alkyl carbamates (subject to hydrolysis) is 1. The normalized spacial score (nSPS) is 16.8. The van der Waals surface area contributed by atoms with Crippen LogP contribution in [0.15, 0.2) is 72.8 Å². The molecule has 1 amide bonds. The molecule has 1 N–H and O–H groups in total. The Morgan fingerprint density at radius 2 is 1.67 bits per heavy atom. The largest absolute Gasteiger partial charge is 0.448 e. The summed E-state index contributed by atoms with van der Waals surface area (Å²) >= 11 is 12.5. The molecule has 3 aromatic rings. The maximum Gasteiger partial charge on any atom is 0.407 e. The smallest absolute Gasteiger partial charge is 0.407 e. The maximum absolute atomic E-state index is 12.6. The molecule has 36 heavy (non-hydrogen) atoms. The van der Waals surface area contributed by atoms with E-state index in [2.05, 4.69) is 58.7 Å². The number of hydrogen-bond acceptors (Lipinski definition) is 3. The van der Waals surface area contributed by atoms with Crippen molar-refractivity contribution in [3.63, 3.8) is 0 Å². The van der Waals surface area contributed by atoms with Gasteiger partial charge in [-0.05, 0) is 86.6 Å². The van der Waals surface area contributed by atoms with Crippen LogP contribution in [0.1, 0.15) is 43.0 Å². The van der Waals surface area contributed by atoms with E-state index in [0.29, 0.717) is 6.61 Å². The van der Waals surface area contributed by atoms with Gasteiger partial charge in [-0.2, -0.15) is 0 Å². The first-order chi connectivity index (χ1) is 17.2. The van der Waals surface area contributed by atoms with Crippen LogP contribution < -0.4 is 5.32 Å². The van der Waals surface area contributed by atoms with Gasteiger partial charge in [0, 0.05) is 34.2 Å². The second-order valence-corrected chi connectivity index (χ2v) is 11.5. The molecule has 0 aliphatic carbocycles. The third-order valence-electron chi connectivity index (χ3n) is 6.50. The first-order valence-corrected chi connectivity index (χ1v) is 13.2. The maximum atomic E-state index is 12.6. The molecule has 0 aromatic heterocycles. The number of carbonyl (C=O) groups is 1. The second kappa shape index (κ2) is 11.7. The van der Waals surface area contributed by atoms with Crippen LogP contribution in [0.3, 0.4) is 0 Å². The Morgan fingerprint density at radius 3 is 2.36 bits per heavy atom. The molecule has 2 unspecified atom stereocenters. The fraction of sp³-hybridized carbons (Fsp3) is 0.367. The summed E-state index contributed by atoms with van der Waals surface area (Å²) in [7, 11) is 0. The molecule has 2 atom stereocenters. The summed E-state index contributed by atoms with van der Waals surface area (Å²) in [6.07, 6.45) is 2.15. The van der Waals surface area contributed by atoms with Crippen molar-refractivity contribution < 1.29 is 9.53 Å². The minimum Gasteiger partial charge on any atom is -0.448 e. The number of amides is 1. The fourth-order valence-corrected chi connectivity index (χ4v) is 5.14. The predicted octanol–water partition coefficient (Wildman–Crippen LogP) is 7.10. The van der Waals surface area contributed by atoms with Gasteiger partial charge in [-0.15, -0.1) is 0 Å². The lowest BCUT2D eigenvalue weighted by molar-refractivity contribution is 0.0499. The second-order valence-electron chi connectivity index (χ2n) is 10.6. The first kappa shape index (κ1) is 26.5. The van der Waals surface area contributed by atoms with Crippen LogP contribution in [0.2, 0.25) is 10.0 Å². The number of nitrogens with one attached hydrogen (secondary N) is 1. The molecule has 0 spiro atoms. The fourth-order valence-electron chi connectivity index (χ4n) is 4.82. The van der Waals surface area contributed by atoms with Crippen LogP contribution in [0.25, 0.3) is 0 Å². The van der Waals surface area contributed by atoms with Gasteiger partial charge in [0.2, 0.25) is 0 Å². The Kier molecular flexibility index (Phi) is 8.61. The molecule has 4 nitrogen and oxygen atoms in total. The van der Waals surface area contributed by atoms with Crippen molar-refractivity contribution in [3.8, 4) is 0 Å². The van der Waals surface area contributed by atoms with E-state index in [1.54, 1.807) is 0 Å². The van der Waals surface area contributed by atoms with Crippen molar-refractivity contribution in [1.82, 2.24) is 10.2 Å². The number of fused-ring (bicyclic) bond motifs is 1. The van der Waals surface area contributed by atoms with Crippen LogP contribution in [0, 0.1) is 0 Å². The number of nitrogens with zero attached hydrogens (tertiary/aromatic N) is 1. The molecule has 4 rings (SSSR count). The summed E-state index contributed by atoms with van der Waals surface area (Å²) in [5.74, 6) is 0. The monoisotopic (exact) mass is 524 g/mol. The molecule has 0 saturated carbocycles. The Labute approximate surface area is 224 Å². The third-order valence-corrected chi connectivity index (χ3v) is 6.98. The van der Waals surface area contributed by atoms with E-state index in [4.69, 9.17) is 27.9 Å². The van der Waals surface area contributed by atoms with Crippen LogP contribution in [-0.2, 0) is 30.5 Å². The van der Waals surface area contributed by atoms with E-state index in [1.165, 1.54) is 22.3 Å². The lowest BCUT2D eigenvalue weighted by Crippen LogP contribution is -2.51. The highest BCUT2D eigenvalue weighted by molar-refractivity contribution is 6.30. The van der Waals surface area contributed by atoms with Gasteiger partial charge in [0.15, 0.2) is 0 Å². The first-order valence-electron chi connectivity index (χ1n) is 12.4. The molecule has 6 heteroatoms. The van der Waals surface area contributed by atoms with Crippen molar-refractivity contribution in [3.05, 3.63) is 105 Å². The van der Waals surface area contributed by atoms with Crippen molar-refractivity contribution in [2.24, 2.45) is 0 Å². The van der Waals surface area contributed by atoms with Gasteiger partial charge < -0.3 is 10.1 Å². The van der Waals surface area contributed by atoms with Crippen molar-refractivity contribution in [2.75, 3.05) is 6.61 Å². The Morgan fingerprint density at radius 1 is 0.972 bits per heavy atom. The van der Waals surface area contributed by atoms with E-state index in [1.807, 2.05) is 45.0 Å². The highest BCUT2D eigenvalue weighted by atomic mass is 35.5. The minimum absolute atomic E-state index is 0.00236. The van der Waals surface area contributed by atoms with Crippen LogP contribution >= 0.6 is 23.2 Å². The third kappa shape index (κ3) is 7.49. The number of hydrogen-bond donors (Lipinski definition) is 1. The highest BCUT2D eigenvalue weighted by Crippen LogP contribution is 2.30. The van der Waals surface area contributed by atoms with Crippen molar-refractivity contribution >= 4 is 29.3 Å². The lowest BCUT2D eigenvalue weighted by atomic mass is 9.88. The number of rotatable bonds is 7. The van der Waals surface area contributed by atoms with Gasteiger partial charge in [-0.3, -0.25) is 4.90 Å². The summed E-state index contributed by atoms with van der Waals surface area (Å²) in [4.78, 5) is 15.1. The van der Waals surface area contributed by atoms with E-state index >= 15 is 0 Å². The topological polar surface area (TPSA) is 41.6 Å². The van der Waals surface area contributed by atoms with Crippen molar-refractivity contribution in [2.45, 2.75) is 64.2 Å². The van der Waals surface area contributed by atoms with Gasteiger partial charge in [0.05, 0.1) is 0 Å². The summed E-state index contributed by atoms with van der Waals surface area (Å²) < 4.78 is 5.80. The van der Waals surface area contributed by atoms with E-state index in [-0.39, 0.29) is 17.6 Å². The van der Waals surface area contributed by atoms with Crippen LogP contribution in [0.4, 0.5) is 4.79 Å². The lowest BCUT2D eigenvalue weighted by Gasteiger charge is -2.42. The van der Waals surface area contributed by atoms with Gasteiger partial charge in [0.25, 0.3) is 0 Å². The van der Waals surface area contributed by atoms with Gasteiger partial charge in [0.1, 0.15) is 6.61 Å². The summed E-state index contributed by atoms with van der Waals surface area (Å²) in [6.45, 7) is 6.88. The molecule has 0 fully saturated rings. The Hall–Kier alpha value is -2.53. The molecule has 0 radical (unpaired) electrons. The SMILES string of the molecule is CC(C)(C)NC(=O)OCC(Cc1ccccc1)N1Cc2cc(Cl)ccc2CC1Cc1ccc(Cl)cc1. The zero-order chi connectivity index (χ0) is 25.7. The number of carbonyl (C=O) groups excluding carboxylic acids is 1. The number of ether oxygens (including phenoxy) is 1. The molecule has 190 valence electrons. The minimum atomic E-state index is -0.393. The summed E-state index contributed by atoms with van der Waals surface area (Å²) in [5, 5.41) is 4.39. The van der Waals surface area contributed by atoms with Crippen LogP contribution in [0.5, 0.6) is 0 Å². The average molecular weight is 526 g/mol. The molecule has 0 bridgehead atoms. The highest BCUT2D eigenvalue weighted by Gasteiger charge is 2.33. The summed E-state index contributed by atoms with van der Waals surface area (Å²) in [5.41, 5.74) is 4.64. The molecular weight excluding hydrogens is 491 g/mol. The Bertz CT molecular complexity index is 1160. The van der Waals surface area contributed by atoms with Crippen LogP contribution in [-0.4, -0.2) is 35.2 Å². The van der Waals surface area contributed by atoms with Gasteiger partial charge in [-0.25, -0.2) is 4.79 Å². The predicted molar refractivity (Wildman–Crippen MR) is 148 cm³/mol. The molecular formula is C30H34Cl2N2O2. The molecule has 1 heterocycles. The standard InChI is InChI=1S/C30H34Cl2N2O2/c1-30(2,3)33-29(35)36-20-28(16-21-7-5-4-6-8-21)34-19-24-17-26(32)14-11-23(24)18-27(34)15-22-9-12-25(31)13-10-22/h4-14,17,27-28H,15-16,18-20H2,1-3H3,(H,33,35). The molecule has 1 aliphatic rings.